The summed E-state index contributed by atoms with van der Waals surface area (Å²) in [6.07, 6.45) is -5.48. The molecule has 0 aliphatic heterocycles. The van der Waals surface area contributed by atoms with E-state index in [2.05, 4.69) is 9.89 Å². The van der Waals surface area contributed by atoms with Gasteiger partial charge in [-0.1, -0.05) is 17.3 Å². The van der Waals surface area contributed by atoms with Crippen molar-refractivity contribution in [3.05, 3.63) is 41.7 Å². The largest absolute Gasteiger partial charge is 0.416 e. The Hall–Kier alpha value is -1.23. The van der Waals surface area contributed by atoms with Crippen molar-refractivity contribution in [3.8, 4) is 11.3 Å². The van der Waals surface area contributed by atoms with E-state index in [1.165, 1.54) is 25.1 Å². The molecular formula is C13H9F5INO2. The van der Waals surface area contributed by atoms with Gasteiger partial charge in [-0.25, -0.2) is 0 Å². The Kier molecular flexibility index (Phi) is 4.76. The zero-order valence-electron chi connectivity index (χ0n) is 11.0. The fraction of sp³-hybridized carbons (Fsp3) is 0.308. The van der Waals surface area contributed by atoms with Crippen LogP contribution < -0.4 is 0 Å². The molecule has 9 heteroatoms. The molecule has 3 nitrogen and oxygen atoms in total. The van der Waals surface area contributed by atoms with Crippen molar-refractivity contribution in [3.63, 3.8) is 0 Å². The Morgan fingerprint density at radius 2 is 1.73 bits per heavy atom. The van der Waals surface area contributed by atoms with E-state index in [1.54, 1.807) is 0 Å². The number of alkyl halides is 6. The first-order chi connectivity index (χ1) is 10.1. The maximum Gasteiger partial charge on any atom is 0.416 e. The Bertz CT molecular complexity index is 633. The second-order valence-electron chi connectivity index (χ2n) is 4.40. The number of aromatic nitrogens is 1. The van der Waals surface area contributed by atoms with Crippen LogP contribution in [-0.4, -0.2) is 9.27 Å². The van der Waals surface area contributed by atoms with E-state index < -0.39 is 22.0 Å². The molecule has 0 amide bonds. The van der Waals surface area contributed by atoms with Crippen molar-refractivity contribution in [2.45, 2.75) is 23.3 Å². The molecule has 0 spiro atoms. The van der Waals surface area contributed by atoms with Gasteiger partial charge in [0.15, 0.2) is 5.76 Å². The first-order valence-electron chi connectivity index (χ1n) is 5.95. The van der Waals surface area contributed by atoms with E-state index >= 15 is 0 Å². The average molecular weight is 433 g/mol. The lowest BCUT2D eigenvalue weighted by Gasteiger charge is -2.13. The van der Waals surface area contributed by atoms with Crippen molar-refractivity contribution in [1.82, 2.24) is 5.16 Å². The van der Waals surface area contributed by atoms with E-state index in [9.17, 15) is 22.0 Å². The van der Waals surface area contributed by atoms with Gasteiger partial charge in [0.05, 0.1) is 5.56 Å². The van der Waals surface area contributed by atoms with E-state index in [1.807, 2.05) is 0 Å². The molecule has 0 aliphatic rings. The summed E-state index contributed by atoms with van der Waals surface area (Å²) in [6.45, 7) is 1.35. The zero-order valence-corrected chi connectivity index (χ0v) is 13.2. The lowest BCUT2D eigenvalue weighted by molar-refractivity contribution is -0.180. The third-order valence-electron chi connectivity index (χ3n) is 2.75. The lowest BCUT2D eigenvalue weighted by atomic mass is 10.1. The molecule has 0 fully saturated rings. The summed E-state index contributed by atoms with van der Waals surface area (Å²) in [5.41, 5.74) is -0.186. The number of halogens is 6. The topological polar surface area (TPSA) is 35.3 Å². The predicted octanol–water partition coefficient (Wildman–Crippen LogP) is 5.42. The Morgan fingerprint density at radius 3 is 2.23 bits per heavy atom. The molecular weight excluding hydrogens is 424 g/mol. The summed E-state index contributed by atoms with van der Waals surface area (Å²) in [6, 6.07) is 5.60. The number of hydrogen-bond donors (Lipinski definition) is 0. The summed E-state index contributed by atoms with van der Waals surface area (Å²) >= 11 is 0.824. The van der Waals surface area contributed by atoms with Crippen LogP contribution in [0.15, 0.2) is 34.9 Å². The van der Waals surface area contributed by atoms with E-state index in [0.717, 1.165) is 34.7 Å². The third-order valence-corrected chi connectivity index (χ3v) is 3.00. The molecule has 0 N–H and O–H groups in total. The molecule has 0 bridgehead atoms. The van der Waals surface area contributed by atoms with Gasteiger partial charge in [0.1, 0.15) is 11.8 Å². The van der Waals surface area contributed by atoms with Crippen LogP contribution in [0.2, 0.25) is 0 Å². The summed E-state index contributed by atoms with van der Waals surface area (Å²) in [7, 11) is 0. The zero-order chi connectivity index (χ0) is 16.5. The molecule has 22 heavy (non-hydrogen) atoms. The average Bonchev–Trinajstić information content (AvgIpc) is 2.85. The minimum absolute atomic E-state index is 0.0474. The highest BCUT2D eigenvalue weighted by atomic mass is 127. The second kappa shape index (κ2) is 6.11. The van der Waals surface area contributed by atoms with Gasteiger partial charge >= 0.3 is 10.3 Å². The Balaban J connectivity index is 2.18. The van der Waals surface area contributed by atoms with Gasteiger partial charge in [-0.3, -0.25) is 0 Å². The van der Waals surface area contributed by atoms with Crippen molar-refractivity contribution < 1.29 is 31.2 Å². The molecule has 0 aliphatic carbocycles. The monoisotopic (exact) mass is 433 g/mol. The van der Waals surface area contributed by atoms with Gasteiger partial charge in [-0.05, 0) is 19.1 Å². The van der Waals surface area contributed by atoms with Crippen LogP contribution in [0, 0.1) is 0 Å². The summed E-state index contributed by atoms with van der Waals surface area (Å²) in [4.78, 5) is 0. The summed E-state index contributed by atoms with van der Waals surface area (Å²) < 4.78 is 68.8. The Morgan fingerprint density at radius 1 is 1.14 bits per heavy atom. The van der Waals surface area contributed by atoms with Gasteiger partial charge in [-0.2, -0.15) is 22.0 Å². The maximum absolute atomic E-state index is 12.7. The third kappa shape index (κ3) is 4.38. The first-order valence-corrected chi connectivity index (χ1v) is 7.03. The molecule has 2 rings (SSSR count). The number of benzene rings is 1. The van der Waals surface area contributed by atoms with Crippen LogP contribution in [0.3, 0.4) is 0 Å². The fourth-order valence-electron chi connectivity index (χ4n) is 1.71. The molecule has 1 aromatic carbocycles. The molecule has 1 aromatic heterocycles. The van der Waals surface area contributed by atoms with Crippen molar-refractivity contribution in [2.75, 3.05) is 0 Å². The molecule has 2 aromatic rings. The molecule has 120 valence electrons. The minimum Gasteiger partial charge on any atom is -0.358 e. The Labute approximate surface area is 135 Å². The lowest BCUT2D eigenvalue weighted by Crippen LogP contribution is -2.13. The van der Waals surface area contributed by atoms with Crippen molar-refractivity contribution in [1.29, 1.82) is 0 Å². The van der Waals surface area contributed by atoms with Gasteiger partial charge < -0.3 is 9.26 Å². The highest BCUT2D eigenvalue weighted by Crippen LogP contribution is 2.34. The van der Waals surface area contributed by atoms with Gasteiger partial charge in [0.25, 0.3) is 0 Å². The fourth-order valence-corrected chi connectivity index (χ4v) is 2.09. The number of rotatable bonds is 4. The highest BCUT2D eigenvalue weighted by molar-refractivity contribution is 14.1. The SMILES string of the molecule is CC(OC(F)(F)I)c1cc(-c2ccc(C(F)(F)F)cc2)no1. The van der Waals surface area contributed by atoms with Gasteiger partial charge in [-0.15, -0.1) is 0 Å². The molecule has 0 saturated carbocycles. The highest BCUT2D eigenvalue weighted by Gasteiger charge is 2.31. The summed E-state index contributed by atoms with van der Waals surface area (Å²) in [5.74, 6) is 0.0474. The van der Waals surface area contributed by atoms with Crippen LogP contribution in [0.5, 0.6) is 0 Å². The van der Waals surface area contributed by atoms with Crippen LogP contribution in [0.25, 0.3) is 11.3 Å². The molecule has 0 saturated heterocycles. The molecule has 0 radical (unpaired) electrons. The number of hydrogen-bond acceptors (Lipinski definition) is 3. The number of ether oxygens (including phenoxy) is 1. The van der Waals surface area contributed by atoms with Crippen LogP contribution in [0.1, 0.15) is 24.4 Å². The molecule has 1 heterocycles. The van der Waals surface area contributed by atoms with E-state index in [-0.39, 0.29) is 11.5 Å². The van der Waals surface area contributed by atoms with Gasteiger partial charge in [0.2, 0.25) is 0 Å². The quantitative estimate of drug-likeness (QED) is 0.367. The predicted molar refractivity (Wildman–Crippen MR) is 75.4 cm³/mol. The second-order valence-corrected chi connectivity index (χ2v) is 5.65. The standard InChI is InChI=1S/C13H9F5INO2/c1-7(21-13(17,18)19)11-6-10(20-22-11)8-2-4-9(5-3-8)12(14,15)16/h2-7H,1H3. The summed E-state index contributed by atoms with van der Waals surface area (Å²) in [5, 5.41) is 3.65. The maximum atomic E-state index is 12.7. The van der Waals surface area contributed by atoms with Crippen LogP contribution in [-0.2, 0) is 10.9 Å². The van der Waals surface area contributed by atoms with Gasteiger partial charge in [0, 0.05) is 34.2 Å². The first kappa shape index (κ1) is 17.1. The molecule has 1 atom stereocenters. The van der Waals surface area contributed by atoms with Crippen LogP contribution in [0.4, 0.5) is 22.0 Å². The van der Waals surface area contributed by atoms with Crippen molar-refractivity contribution in [2.24, 2.45) is 0 Å². The van der Waals surface area contributed by atoms with E-state index in [4.69, 9.17) is 4.52 Å². The minimum atomic E-state index is -4.43. The van der Waals surface area contributed by atoms with E-state index in [0.29, 0.717) is 5.56 Å². The normalized spacial score (nSPS) is 14.1. The van der Waals surface area contributed by atoms with Crippen molar-refractivity contribution >= 4 is 22.6 Å². The smallest absolute Gasteiger partial charge is 0.358 e. The van der Waals surface area contributed by atoms with Crippen LogP contribution >= 0.6 is 22.6 Å². The molecule has 1 unspecified atom stereocenters. The number of nitrogens with zero attached hydrogens (tertiary/aromatic N) is 1.